The smallest absolute Gasteiger partial charge is 0.0998 e. The lowest BCUT2D eigenvalue weighted by Gasteiger charge is -2.07. The Morgan fingerprint density at radius 1 is 0.794 bits per heavy atom. The van der Waals surface area contributed by atoms with E-state index < -0.39 is 0 Å². The summed E-state index contributed by atoms with van der Waals surface area (Å²) >= 11 is 0. The number of nitrogens with one attached hydrogen (secondary N) is 1. The molecule has 4 rings (SSSR count). The first-order valence-corrected chi connectivity index (χ1v) is 12.3. The van der Waals surface area contributed by atoms with Crippen molar-refractivity contribution in [2.75, 3.05) is 0 Å². The highest BCUT2D eigenvalue weighted by atomic mass is 14.7. The number of aryl methyl sites for hydroxylation is 2. The van der Waals surface area contributed by atoms with Crippen LogP contribution in [0.4, 0.5) is 0 Å². The molecule has 0 unspecified atom stereocenters. The summed E-state index contributed by atoms with van der Waals surface area (Å²) in [5.74, 6) is 0. The fourth-order valence-electron chi connectivity index (χ4n) is 4.68. The van der Waals surface area contributed by atoms with Crippen LogP contribution in [0.3, 0.4) is 0 Å². The lowest BCUT2D eigenvalue weighted by Crippen LogP contribution is -1.91. The van der Waals surface area contributed by atoms with Gasteiger partial charge in [0.2, 0.25) is 0 Å². The van der Waals surface area contributed by atoms with Gasteiger partial charge in [0.1, 0.15) is 0 Å². The first kappa shape index (κ1) is 23.3. The second-order valence-electron chi connectivity index (χ2n) is 9.11. The van der Waals surface area contributed by atoms with E-state index in [9.17, 15) is 10.5 Å². The van der Waals surface area contributed by atoms with Crippen LogP contribution in [0.1, 0.15) is 78.8 Å². The number of nitrogens with zero attached hydrogens (tertiary/aromatic N) is 2. The molecule has 0 radical (unpaired) electrons. The van der Waals surface area contributed by atoms with Gasteiger partial charge in [-0.15, -0.1) is 0 Å². The lowest BCUT2D eigenvalue weighted by molar-refractivity contribution is 0.607. The highest BCUT2D eigenvalue weighted by Crippen LogP contribution is 2.31. The van der Waals surface area contributed by atoms with Crippen LogP contribution in [-0.2, 0) is 6.42 Å². The molecule has 0 aliphatic heterocycles. The number of aromatic amines is 1. The van der Waals surface area contributed by atoms with Gasteiger partial charge in [0.15, 0.2) is 0 Å². The molecule has 0 spiro atoms. The third kappa shape index (κ3) is 5.05. The molecule has 0 saturated carbocycles. The topological polar surface area (TPSA) is 63.4 Å². The SMILES string of the molecule is CCCCCCCCc1cc(C=Cc2cc(C#N)c(C)cc2C#N)c2[nH]c3ccccc3c2c1. The van der Waals surface area contributed by atoms with Crippen molar-refractivity contribution in [1.29, 1.82) is 10.5 Å². The highest BCUT2D eigenvalue weighted by molar-refractivity contribution is 6.10. The minimum atomic E-state index is 0.587. The van der Waals surface area contributed by atoms with Gasteiger partial charge in [-0.25, -0.2) is 0 Å². The maximum absolute atomic E-state index is 9.62. The molecule has 0 atom stereocenters. The molecule has 4 aromatic rings. The Bertz CT molecular complexity index is 1420. The van der Waals surface area contributed by atoms with Crippen LogP contribution in [0.15, 0.2) is 48.5 Å². The van der Waals surface area contributed by atoms with E-state index in [0.29, 0.717) is 11.1 Å². The average molecular weight is 446 g/mol. The second-order valence-corrected chi connectivity index (χ2v) is 9.11. The van der Waals surface area contributed by atoms with Crippen molar-refractivity contribution >= 4 is 34.0 Å². The number of para-hydroxylation sites is 1. The largest absolute Gasteiger partial charge is 0.354 e. The minimum Gasteiger partial charge on any atom is -0.354 e. The molecule has 1 N–H and O–H groups in total. The third-order valence-corrected chi connectivity index (χ3v) is 6.60. The molecule has 1 aromatic heterocycles. The molecule has 0 amide bonds. The Balaban J connectivity index is 1.71. The van der Waals surface area contributed by atoms with Crippen molar-refractivity contribution in [3.63, 3.8) is 0 Å². The van der Waals surface area contributed by atoms with Crippen LogP contribution in [0.5, 0.6) is 0 Å². The van der Waals surface area contributed by atoms with Gasteiger partial charge in [-0.05, 0) is 72.4 Å². The van der Waals surface area contributed by atoms with Crippen LogP contribution >= 0.6 is 0 Å². The number of fused-ring (bicyclic) bond motifs is 3. The molecular weight excluding hydrogens is 414 g/mol. The summed E-state index contributed by atoms with van der Waals surface area (Å²) in [4.78, 5) is 3.59. The van der Waals surface area contributed by atoms with E-state index in [-0.39, 0.29) is 0 Å². The minimum absolute atomic E-state index is 0.587. The van der Waals surface area contributed by atoms with Crippen LogP contribution in [0.25, 0.3) is 34.0 Å². The zero-order valence-corrected chi connectivity index (χ0v) is 20.1. The quantitative estimate of drug-likeness (QED) is 0.207. The van der Waals surface area contributed by atoms with Gasteiger partial charge >= 0.3 is 0 Å². The molecule has 34 heavy (non-hydrogen) atoms. The number of aromatic nitrogens is 1. The first-order valence-electron chi connectivity index (χ1n) is 12.3. The summed E-state index contributed by atoms with van der Waals surface area (Å²) in [6, 6.07) is 21.1. The van der Waals surface area contributed by atoms with E-state index in [1.54, 1.807) is 6.07 Å². The molecule has 0 aliphatic rings. The summed E-state index contributed by atoms with van der Waals surface area (Å²) in [6.45, 7) is 4.12. The van der Waals surface area contributed by atoms with Gasteiger partial charge in [0.25, 0.3) is 0 Å². The van der Waals surface area contributed by atoms with E-state index in [1.165, 1.54) is 54.9 Å². The van der Waals surface area contributed by atoms with Crippen molar-refractivity contribution in [2.24, 2.45) is 0 Å². The number of H-pyrrole nitrogens is 1. The number of rotatable bonds is 9. The van der Waals surface area contributed by atoms with Crippen molar-refractivity contribution in [3.05, 3.63) is 81.9 Å². The zero-order valence-electron chi connectivity index (χ0n) is 20.1. The summed E-state index contributed by atoms with van der Waals surface area (Å²) in [6.07, 6.45) is 12.8. The van der Waals surface area contributed by atoms with Gasteiger partial charge in [-0.1, -0.05) is 69.4 Å². The third-order valence-electron chi connectivity index (χ3n) is 6.60. The van der Waals surface area contributed by atoms with Crippen LogP contribution in [0.2, 0.25) is 0 Å². The molecule has 0 fully saturated rings. The molecule has 3 heteroatoms. The Morgan fingerprint density at radius 2 is 1.53 bits per heavy atom. The molecule has 1 heterocycles. The Morgan fingerprint density at radius 3 is 2.32 bits per heavy atom. The van der Waals surface area contributed by atoms with Gasteiger partial charge in [-0.3, -0.25) is 0 Å². The highest BCUT2D eigenvalue weighted by Gasteiger charge is 2.10. The molecule has 3 aromatic carbocycles. The van der Waals surface area contributed by atoms with Crippen molar-refractivity contribution < 1.29 is 0 Å². The monoisotopic (exact) mass is 445 g/mol. The number of benzene rings is 3. The fourth-order valence-corrected chi connectivity index (χ4v) is 4.68. The van der Waals surface area contributed by atoms with Gasteiger partial charge in [-0.2, -0.15) is 10.5 Å². The maximum Gasteiger partial charge on any atom is 0.0998 e. The Kier molecular flexibility index (Phi) is 7.46. The maximum atomic E-state index is 9.62. The number of unbranched alkanes of at least 4 members (excludes halogenated alkanes) is 5. The lowest BCUT2D eigenvalue weighted by atomic mass is 9.97. The van der Waals surface area contributed by atoms with E-state index >= 15 is 0 Å². The summed E-state index contributed by atoms with van der Waals surface area (Å²) in [7, 11) is 0. The molecular formula is C31H31N3. The number of hydrogen-bond donors (Lipinski definition) is 1. The van der Waals surface area contributed by atoms with Crippen molar-refractivity contribution in [1.82, 2.24) is 4.98 Å². The van der Waals surface area contributed by atoms with E-state index in [4.69, 9.17) is 0 Å². The standard InChI is InChI=1S/C31H31N3/c1-3-4-5-6-7-8-11-23-17-25(31-29(18-23)28-12-9-10-13-30(28)34-31)15-14-24-19-26(20-32)22(2)16-27(24)21-33/h9-10,12-19,34H,3-8,11H2,1-2H3. The molecule has 3 nitrogen and oxygen atoms in total. The summed E-state index contributed by atoms with van der Waals surface area (Å²) in [5.41, 5.74) is 7.48. The Labute approximate surface area is 202 Å². The van der Waals surface area contributed by atoms with Crippen LogP contribution < -0.4 is 0 Å². The van der Waals surface area contributed by atoms with Crippen LogP contribution in [0, 0.1) is 29.6 Å². The van der Waals surface area contributed by atoms with E-state index in [2.05, 4.69) is 66.5 Å². The van der Waals surface area contributed by atoms with Crippen molar-refractivity contribution in [3.8, 4) is 12.1 Å². The van der Waals surface area contributed by atoms with Gasteiger partial charge in [0.05, 0.1) is 28.8 Å². The zero-order chi connectivity index (χ0) is 23.9. The average Bonchev–Trinajstić information content (AvgIpc) is 3.23. The van der Waals surface area contributed by atoms with E-state index in [1.807, 2.05) is 19.1 Å². The fraction of sp³-hybridized carbons (Fsp3) is 0.290. The second kappa shape index (κ2) is 10.9. The first-order chi connectivity index (χ1) is 16.6. The molecule has 0 saturated heterocycles. The normalized spacial score (nSPS) is 11.3. The summed E-state index contributed by atoms with van der Waals surface area (Å²) < 4.78 is 0. The van der Waals surface area contributed by atoms with E-state index in [0.717, 1.165) is 34.1 Å². The van der Waals surface area contributed by atoms with Crippen molar-refractivity contribution in [2.45, 2.75) is 58.8 Å². The number of hydrogen-bond acceptors (Lipinski definition) is 2. The Hall–Kier alpha value is -3.82. The number of nitriles is 2. The molecule has 0 bridgehead atoms. The molecule has 170 valence electrons. The van der Waals surface area contributed by atoms with Gasteiger partial charge < -0.3 is 4.98 Å². The predicted octanol–water partition coefficient (Wildman–Crippen LogP) is 8.45. The van der Waals surface area contributed by atoms with Gasteiger partial charge in [0, 0.05) is 16.3 Å². The summed E-state index contributed by atoms with van der Waals surface area (Å²) in [5, 5.41) is 21.5. The predicted molar refractivity (Wildman–Crippen MR) is 142 cm³/mol. The molecule has 0 aliphatic carbocycles. The van der Waals surface area contributed by atoms with Crippen LogP contribution in [-0.4, -0.2) is 4.98 Å².